The van der Waals surface area contributed by atoms with E-state index in [2.05, 4.69) is 10.6 Å². The fourth-order valence-electron chi connectivity index (χ4n) is 5.59. The summed E-state index contributed by atoms with van der Waals surface area (Å²) in [6.07, 6.45) is -0.625. The van der Waals surface area contributed by atoms with Crippen molar-refractivity contribution in [1.29, 1.82) is 0 Å². The van der Waals surface area contributed by atoms with Crippen molar-refractivity contribution in [3.05, 3.63) is 108 Å². The van der Waals surface area contributed by atoms with Crippen molar-refractivity contribution < 1.29 is 28.7 Å². The van der Waals surface area contributed by atoms with Crippen LogP contribution >= 0.6 is 0 Å². The molecule has 0 bridgehead atoms. The van der Waals surface area contributed by atoms with E-state index >= 15 is 0 Å². The summed E-state index contributed by atoms with van der Waals surface area (Å²) >= 11 is 0. The van der Waals surface area contributed by atoms with Gasteiger partial charge < -0.3 is 26.8 Å². The largest absolute Gasteiger partial charge is 0.445 e. The fourth-order valence-corrected chi connectivity index (χ4v) is 5.59. The summed E-state index contributed by atoms with van der Waals surface area (Å²) in [5.41, 5.74) is 12.3. The molecule has 0 saturated heterocycles. The number of ketones is 3. The summed E-state index contributed by atoms with van der Waals surface area (Å²) in [6, 6.07) is 21.3. The van der Waals surface area contributed by atoms with Crippen LogP contribution in [0.5, 0.6) is 0 Å². The zero-order valence-electron chi connectivity index (χ0n) is 27.5. The second kappa shape index (κ2) is 17.3. The van der Waals surface area contributed by atoms with E-state index in [1.165, 1.54) is 12.1 Å². The number of carbonyl (C=O) groups excluding carboxylic acids is 5. The van der Waals surface area contributed by atoms with Crippen molar-refractivity contribution in [3.63, 3.8) is 0 Å². The Bertz CT molecular complexity index is 1500. The van der Waals surface area contributed by atoms with Crippen molar-refractivity contribution in [2.45, 2.75) is 77.2 Å². The Morgan fingerprint density at radius 1 is 0.702 bits per heavy atom. The van der Waals surface area contributed by atoms with Gasteiger partial charge in [-0.05, 0) is 41.4 Å². The molecule has 0 radical (unpaired) electrons. The van der Waals surface area contributed by atoms with Crippen LogP contribution in [0.4, 0.5) is 4.79 Å². The average molecular weight is 643 g/mol. The number of alkyl carbamates (subject to hydrolysis) is 1. The average Bonchev–Trinajstić information content (AvgIpc) is 3.06. The number of Topliss-reactive ketones (excluding diaryl/α,β-unsaturated/α-hetero) is 3. The Balaban J connectivity index is 2.09. The highest BCUT2D eigenvalue weighted by atomic mass is 16.5. The number of rotatable bonds is 17. The van der Waals surface area contributed by atoms with Gasteiger partial charge in [0, 0.05) is 6.54 Å². The lowest BCUT2D eigenvalue weighted by atomic mass is 9.62. The first-order chi connectivity index (χ1) is 22.4. The second-order valence-corrected chi connectivity index (χ2v) is 12.5. The molecule has 1 unspecified atom stereocenters. The van der Waals surface area contributed by atoms with E-state index in [-0.39, 0.29) is 43.4 Å². The van der Waals surface area contributed by atoms with Gasteiger partial charge in [0.1, 0.15) is 12.0 Å². The second-order valence-electron chi connectivity index (χ2n) is 12.5. The van der Waals surface area contributed by atoms with Gasteiger partial charge in [0.05, 0.1) is 18.1 Å². The molecule has 0 aromatic heterocycles. The minimum atomic E-state index is -2.41. The van der Waals surface area contributed by atoms with E-state index in [1.54, 1.807) is 66.7 Å². The number of hydrogen-bond acceptors (Lipinski definition) is 8. The maximum Gasteiger partial charge on any atom is 0.408 e. The summed E-state index contributed by atoms with van der Waals surface area (Å²) in [7, 11) is 0. The van der Waals surface area contributed by atoms with Gasteiger partial charge in [-0.2, -0.15) is 0 Å². The summed E-state index contributed by atoms with van der Waals surface area (Å²) in [6.45, 7) is 7.39. The van der Waals surface area contributed by atoms with Crippen LogP contribution in [0.25, 0.3) is 0 Å². The molecule has 3 rings (SSSR count). The third-order valence-corrected chi connectivity index (χ3v) is 7.87. The number of nitrogens with one attached hydrogen (secondary N) is 2. The molecule has 0 fully saturated rings. The molecule has 0 aliphatic carbocycles. The highest BCUT2D eigenvalue weighted by molar-refractivity contribution is 6.40. The fraction of sp³-hybridized carbons (Fsp3) is 0.378. The highest BCUT2D eigenvalue weighted by Gasteiger charge is 2.58. The van der Waals surface area contributed by atoms with Crippen LogP contribution in [-0.4, -0.2) is 47.5 Å². The third-order valence-electron chi connectivity index (χ3n) is 7.87. The molecule has 3 aromatic carbocycles. The Morgan fingerprint density at radius 2 is 1.21 bits per heavy atom. The lowest BCUT2D eigenvalue weighted by Crippen LogP contribution is -2.68. The van der Waals surface area contributed by atoms with E-state index < -0.39 is 52.9 Å². The molecule has 4 atom stereocenters. The maximum atomic E-state index is 15.0. The number of hydrogen-bond donors (Lipinski definition) is 4. The topological polar surface area (TPSA) is 171 Å². The number of benzene rings is 3. The molecule has 0 heterocycles. The van der Waals surface area contributed by atoms with Crippen LogP contribution in [0.15, 0.2) is 91.0 Å². The molecule has 0 spiro atoms. The molecule has 10 heteroatoms. The van der Waals surface area contributed by atoms with Gasteiger partial charge >= 0.3 is 6.09 Å². The van der Waals surface area contributed by atoms with Crippen LogP contribution in [0.1, 0.15) is 57.2 Å². The normalized spacial score (nSPS) is 14.4. The molecule has 10 nitrogen and oxygen atoms in total. The summed E-state index contributed by atoms with van der Waals surface area (Å²) in [4.78, 5) is 69.9. The molecule has 0 aliphatic rings. The molecule has 47 heavy (non-hydrogen) atoms. The zero-order valence-corrected chi connectivity index (χ0v) is 27.5. The molecular weight excluding hydrogens is 596 g/mol. The number of carbonyl (C=O) groups is 5. The van der Waals surface area contributed by atoms with Crippen molar-refractivity contribution in [1.82, 2.24) is 10.6 Å². The van der Waals surface area contributed by atoms with Gasteiger partial charge in [-0.15, -0.1) is 0 Å². The van der Waals surface area contributed by atoms with Gasteiger partial charge in [0.2, 0.25) is 5.78 Å². The van der Waals surface area contributed by atoms with E-state index in [0.717, 1.165) is 11.1 Å². The zero-order chi connectivity index (χ0) is 34.6. The predicted octanol–water partition coefficient (Wildman–Crippen LogP) is 3.99. The van der Waals surface area contributed by atoms with Crippen molar-refractivity contribution in [2.75, 3.05) is 0 Å². The molecule has 2 amide bonds. The molecule has 0 aliphatic heterocycles. The van der Waals surface area contributed by atoms with E-state index in [0.29, 0.717) is 0 Å². The minimum Gasteiger partial charge on any atom is -0.445 e. The number of ether oxygens (including phenoxy) is 1. The third kappa shape index (κ3) is 9.67. The first-order valence-corrected chi connectivity index (χ1v) is 15.9. The lowest BCUT2D eigenvalue weighted by Gasteiger charge is -2.40. The summed E-state index contributed by atoms with van der Waals surface area (Å²) in [5, 5.41) is 5.18. The predicted molar refractivity (Wildman–Crippen MR) is 180 cm³/mol. The maximum absolute atomic E-state index is 15.0. The van der Waals surface area contributed by atoms with Crippen LogP contribution < -0.4 is 22.1 Å². The minimum absolute atomic E-state index is 0.0238. The summed E-state index contributed by atoms with van der Waals surface area (Å²) in [5.74, 6) is -4.08. The molecule has 250 valence electrons. The number of nitrogens with two attached hydrogens (primary N) is 2. The highest BCUT2D eigenvalue weighted by Crippen LogP contribution is 2.35. The van der Waals surface area contributed by atoms with Crippen LogP contribution in [0.2, 0.25) is 0 Å². The Hall–Kier alpha value is -4.67. The van der Waals surface area contributed by atoms with Gasteiger partial charge in [-0.3, -0.25) is 19.2 Å². The molecule has 6 N–H and O–H groups in total. The summed E-state index contributed by atoms with van der Waals surface area (Å²) < 4.78 is 5.42. The smallest absolute Gasteiger partial charge is 0.408 e. The first kappa shape index (κ1) is 36.8. The standard InChI is InChI=1S/C37H46N4O6/c1-24(2)20-29(38)33(43)37(28-18-12-7-13-19-28,32(39)31(42)35(45)40-22-26-14-8-5-9-15-26)34(44)30(21-25(3)4)41-36(46)47-23-27-16-10-6-11-17-27/h5-19,24-25,29-30,32H,20-23,38-39H2,1-4H3,(H,40,45)(H,41,46)/t29-,30-,32+,37?/m0/s1. The van der Waals surface area contributed by atoms with Crippen molar-refractivity contribution in [2.24, 2.45) is 23.3 Å². The molecular formula is C37H46N4O6. The molecule has 3 aromatic rings. The Labute approximate surface area is 276 Å². The van der Waals surface area contributed by atoms with Crippen LogP contribution in [0.3, 0.4) is 0 Å². The molecule has 0 saturated carbocycles. The number of amides is 2. The van der Waals surface area contributed by atoms with Crippen molar-refractivity contribution >= 4 is 29.4 Å². The lowest BCUT2D eigenvalue weighted by molar-refractivity contribution is -0.146. The van der Waals surface area contributed by atoms with E-state index in [1.807, 2.05) is 39.8 Å². The van der Waals surface area contributed by atoms with E-state index in [4.69, 9.17) is 16.2 Å². The SMILES string of the molecule is CC(C)C[C@H](NC(=O)OCc1ccccc1)C(=O)C(C(=O)[C@@H](N)CC(C)C)(c1ccccc1)[C@H](N)C(=O)C(=O)NCc1ccccc1. The Kier molecular flexibility index (Phi) is 13.5. The van der Waals surface area contributed by atoms with Gasteiger partial charge in [-0.25, -0.2) is 4.79 Å². The quantitative estimate of drug-likeness (QED) is 0.127. The Morgan fingerprint density at radius 3 is 1.74 bits per heavy atom. The van der Waals surface area contributed by atoms with Gasteiger partial charge in [-0.1, -0.05) is 119 Å². The first-order valence-electron chi connectivity index (χ1n) is 15.9. The van der Waals surface area contributed by atoms with Crippen molar-refractivity contribution in [3.8, 4) is 0 Å². The van der Waals surface area contributed by atoms with Gasteiger partial charge in [0.15, 0.2) is 11.6 Å². The van der Waals surface area contributed by atoms with Crippen LogP contribution in [0, 0.1) is 11.8 Å². The monoisotopic (exact) mass is 642 g/mol. The van der Waals surface area contributed by atoms with Crippen LogP contribution in [-0.2, 0) is 42.5 Å². The van der Waals surface area contributed by atoms with E-state index in [9.17, 15) is 24.0 Å². The van der Waals surface area contributed by atoms with Gasteiger partial charge in [0.25, 0.3) is 5.91 Å².